The van der Waals surface area contributed by atoms with Gasteiger partial charge in [-0.05, 0) is 29.0 Å². The molecule has 0 radical (unpaired) electrons. The molecule has 0 saturated heterocycles. The summed E-state index contributed by atoms with van der Waals surface area (Å²) >= 11 is 5.66. The molecule has 0 aliphatic carbocycles. The van der Waals surface area contributed by atoms with Crippen molar-refractivity contribution in [2.45, 2.75) is 0 Å². The van der Waals surface area contributed by atoms with Gasteiger partial charge in [-0.15, -0.1) is 0 Å². The highest BCUT2D eigenvalue weighted by Crippen LogP contribution is 2.30. The number of hydrogen-bond acceptors (Lipinski definition) is 2. The van der Waals surface area contributed by atoms with Gasteiger partial charge in [-0.3, -0.25) is 0 Å². The molecule has 0 saturated carbocycles. The molecule has 2 heteroatoms. The van der Waals surface area contributed by atoms with Gasteiger partial charge in [0.1, 0.15) is 11.2 Å². The Labute approximate surface area is 115 Å². The van der Waals surface area contributed by atoms with Gasteiger partial charge in [-0.25, -0.2) is 0 Å². The van der Waals surface area contributed by atoms with Crippen LogP contribution >= 0.6 is 12.2 Å². The van der Waals surface area contributed by atoms with Crippen LogP contribution in [0.1, 0.15) is 0 Å². The summed E-state index contributed by atoms with van der Waals surface area (Å²) in [7, 11) is 0. The Morgan fingerprint density at radius 3 is 2.32 bits per heavy atom. The SMILES string of the molecule is S=c1c2ccccc2oc2ccc3ccccc3c12. The summed E-state index contributed by atoms with van der Waals surface area (Å²) in [6.45, 7) is 0. The van der Waals surface area contributed by atoms with E-state index in [2.05, 4.69) is 18.2 Å². The van der Waals surface area contributed by atoms with Crippen molar-refractivity contribution in [3.8, 4) is 0 Å². The number of fused-ring (bicyclic) bond motifs is 4. The fraction of sp³-hybridized carbons (Fsp3) is 0. The predicted molar refractivity (Wildman–Crippen MR) is 82.1 cm³/mol. The molecule has 0 fully saturated rings. The van der Waals surface area contributed by atoms with Gasteiger partial charge in [0, 0.05) is 10.8 Å². The molecule has 4 aromatic rings. The van der Waals surface area contributed by atoms with E-state index in [9.17, 15) is 0 Å². The summed E-state index contributed by atoms with van der Waals surface area (Å²) in [5.74, 6) is 0. The molecule has 4 rings (SSSR count). The van der Waals surface area contributed by atoms with Gasteiger partial charge in [0.2, 0.25) is 0 Å². The van der Waals surface area contributed by atoms with Gasteiger partial charge in [-0.1, -0.05) is 54.7 Å². The van der Waals surface area contributed by atoms with Crippen LogP contribution in [0.3, 0.4) is 0 Å². The predicted octanol–water partition coefficient (Wildman–Crippen LogP) is 5.47. The van der Waals surface area contributed by atoms with Crippen molar-refractivity contribution in [3.05, 3.63) is 65.2 Å². The lowest BCUT2D eigenvalue weighted by atomic mass is 10.0. The first kappa shape index (κ1) is 10.7. The summed E-state index contributed by atoms with van der Waals surface area (Å²) in [5, 5.41) is 4.37. The molecule has 0 unspecified atom stereocenters. The second-order valence-electron chi connectivity index (χ2n) is 4.59. The highest BCUT2D eigenvalue weighted by atomic mass is 32.1. The monoisotopic (exact) mass is 262 g/mol. The average Bonchev–Trinajstić information content (AvgIpc) is 2.47. The lowest BCUT2D eigenvalue weighted by molar-refractivity contribution is 0.661. The Morgan fingerprint density at radius 1 is 0.684 bits per heavy atom. The zero-order valence-corrected chi connectivity index (χ0v) is 10.9. The van der Waals surface area contributed by atoms with E-state index in [1.165, 1.54) is 5.39 Å². The summed E-state index contributed by atoms with van der Waals surface area (Å²) in [5.41, 5.74) is 1.69. The van der Waals surface area contributed by atoms with Crippen molar-refractivity contribution in [2.75, 3.05) is 0 Å². The second kappa shape index (κ2) is 3.90. The van der Waals surface area contributed by atoms with Crippen LogP contribution in [0, 0.1) is 4.51 Å². The molecule has 0 atom stereocenters. The maximum Gasteiger partial charge on any atom is 0.136 e. The third-order valence-corrected chi connectivity index (χ3v) is 3.89. The Balaban J connectivity index is 2.37. The molecular formula is C17H10OS. The van der Waals surface area contributed by atoms with Gasteiger partial charge in [0.15, 0.2) is 0 Å². The summed E-state index contributed by atoms with van der Waals surface area (Å²) < 4.78 is 6.84. The van der Waals surface area contributed by atoms with E-state index in [0.29, 0.717) is 0 Å². The highest BCUT2D eigenvalue weighted by Gasteiger charge is 2.07. The number of benzene rings is 3. The molecule has 0 spiro atoms. The summed E-state index contributed by atoms with van der Waals surface area (Å²) in [6.07, 6.45) is 0. The van der Waals surface area contributed by atoms with Crippen molar-refractivity contribution in [1.82, 2.24) is 0 Å². The van der Waals surface area contributed by atoms with Crippen molar-refractivity contribution in [1.29, 1.82) is 0 Å². The maximum absolute atomic E-state index is 5.97. The van der Waals surface area contributed by atoms with E-state index in [4.69, 9.17) is 16.6 Å². The molecule has 1 heterocycles. The number of para-hydroxylation sites is 1. The first-order chi connectivity index (χ1) is 9.34. The third kappa shape index (κ3) is 1.50. The van der Waals surface area contributed by atoms with Gasteiger partial charge < -0.3 is 4.42 Å². The molecule has 1 nitrogen and oxygen atoms in total. The normalized spacial score (nSPS) is 11.4. The maximum atomic E-state index is 5.97. The Hall–Kier alpha value is -2.19. The lowest BCUT2D eigenvalue weighted by Gasteiger charge is -2.06. The average molecular weight is 262 g/mol. The van der Waals surface area contributed by atoms with E-state index in [-0.39, 0.29) is 0 Å². The van der Waals surface area contributed by atoms with Gasteiger partial charge >= 0.3 is 0 Å². The molecule has 0 N–H and O–H groups in total. The Morgan fingerprint density at radius 2 is 1.42 bits per heavy atom. The number of rotatable bonds is 0. The molecule has 90 valence electrons. The molecule has 0 aliphatic rings. The zero-order valence-electron chi connectivity index (χ0n) is 10.1. The van der Waals surface area contributed by atoms with Crippen molar-refractivity contribution in [3.63, 3.8) is 0 Å². The Kier molecular flexibility index (Phi) is 2.20. The van der Waals surface area contributed by atoms with E-state index < -0.39 is 0 Å². The van der Waals surface area contributed by atoms with Crippen LogP contribution in [0.4, 0.5) is 0 Å². The molecule has 3 aromatic carbocycles. The van der Waals surface area contributed by atoms with Crippen LogP contribution < -0.4 is 0 Å². The van der Waals surface area contributed by atoms with Crippen LogP contribution in [0.5, 0.6) is 0 Å². The first-order valence-corrected chi connectivity index (χ1v) is 6.59. The van der Waals surface area contributed by atoms with Crippen molar-refractivity contribution in [2.24, 2.45) is 0 Å². The van der Waals surface area contributed by atoms with Crippen LogP contribution in [-0.4, -0.2) is 0 Å². The van der Waals surface area contributed by atoms with Crippen molar-refractivity contribution < 1.29 is 4.42 Å². The molecule has 0 bridgehead atoms. The third-order valence-electron chi connectivity index (χ3n) is 3.47. The lowest BCUT2D eigenvalue weighted by Crippen LogP contribution is -1.81. The van der Waals surface area contributed by atoms with Gasteiger partial charge in [-0.2, -0.15) is 0 Å². The minimum absolute atomic E-state index is 0.843. The van der Waals surface area contributed by atoms with Crippen LogP contribution in [0.2, 0.25) is 0 Å². The molecule has 0 aliphatic heterocycles. The standard InChI is InChI=1S/C17H10OS/c19-17-13-7-3-4-8-14(13)18-15-10-9-11-5-1-2-6-12(11)16(15)17/h1-10H. The minimum atomic E-state index is 0.843. The van der Waals surface area contributed by atoms with Gasteiger partial charge in [0.25, 0.3) is 0 Å². The molecule has 1 aromatic heterocycles. The quantitative estimate of drug-likeness (QED) is 0.237. The summed E-state index contributed by atoms with van der Waals surface area (Å²) in [6, 6.07) is 20.3. The zero-order chi connectivity index (χ0) is 12.8. The highest BCUT2D eigenvalue weighted by molar-refractivity contribution is 7.72. The topological polar surface area (TPSA) is 13.1 Å². The fourth-order valence-electron chi connectivity index (χ4n) is 2.57. The van der Waals surface area contributed by atoms with Crippen LogP contribution in [0.15, 0.2) is 65.1 Å². The molecule has 0 amide bonds. The Bertz CT molecular complexity index is 982. The van der Waals surface area contributed by atoms with Crippen molar-refractivity contribution >= 4 is 44.9 Å². The van der Waals surface area contributed by atoms with E-state index in [0.717, 1.165) is 31.8 Å². The van der Waals surface area contributed by atoms with Crippen LogP contribution in [0.25, 0.3) is 32.7 Å². The van der Waals surface area contributed by atoms with E-state index in [1.807, 2.05) is 42.5 Å². The van der Waals surface area contributed by atoms with E-state index in [1.54, 1.807) is 0 Å². The summed E-state index contributed by atoms with van der Waals surface area (Å²) in [4.78, 5) is 0. The second-order valence-corrected chi connectivity index (χ2v) is 5.00. The minimum Gasteiger partial charge on any atom is -0.456 e. The molecular weight excluding hydrogens is 252 g/mol. The largest absolute Gasteiger partial charge is 0.456 e. The fourth-order valence-corrected chi connectivity index (χ4v) is 2.95. The van der Waals surface area contributed by atoms with Crippen LogP contribution in [-0.2, 0) is 0 Å². The number of hydrogen-bond donors (Lipinski definition) is 0. The van der Waals surface area contributed by atoms with Gasteiger partial charge in [0.05, 0.1) is 4.51 Å². The smallest absolute Gasteiger partial charge is 0.136 e. The van der Waals surface area contributed by atoms with E-state index >= 15 is 0 Å². The molecule has 19 heavy (non-hydrogen) atoms. The first-order valence-electron chi connectivity index (χ1n) is 6.18.